The minimum Gasteiger partial charge on any atom is -0.497 e. The topological polar surface area (TPSA) is 31.4 Å². The van der Waals surface area contributed by atoms with Crippen LogP contribution in [0.3, 0.4) is 0 Å². The Kier molecular flexibility index (Phi) is 4.36. The molecule has 5 aromatic rings. The number of hydrogen-bond acceptors (Lipinski definition) is 4. The number of ether oxygens (including phenoxy) is 2. The summed E-state index contributed by atoms with van der Waals surface area (Å²) in [7, 11) is 3.37. The van der Waals surface area contributed by atoms with Gasteiger partial charge >= 0.3 is 0 Å². The van der Waals surface area contributed by atoms with Crippen molar-refractivity contribution in [2.24, 2.45) is 0 Å². The molecule has 29 heavy (non-hydrogen) atoms. The number of fused-ring (bicyclic) bond motifs is 4. The van der Waals surface area contributed by atoms with E-state index in [-0.39, 0.29) is 0 Å². The van der Waals surface area contributed by atoms with Gasteiger partial charge in [-0.2, -0.15) is 0 Å². The van der Waals surface area contributed by atoms with Gasteiger partial charge in [-0.05, 0) is 36.6 Å². The van der Waals surface area contributed by atoms with E-state index in [2.05, 4.69) is 61.5 Å². The zero-order valence-electron chi connectivity index (χ0n) is 16.7. The Labute approximate surface area is 173 Å². The molecule has 4 heteroatoms. The molecule has 2 heterocycles. The molecule has 0 aliphatic carbocycles. The van der Waals surface area contributed by atoms with E-state index in [0.717, 1.165) is 34.3 Å². The van der Waals surface area contributed by atoms with E-state index in [1.807, 2.05) is 17.4 Å². The van der Waals surface area contributed by atoms with Gasteiger partial charge in [0, 0.05) is 21.5 Å². The van der Waals surface area contributed by atoms with Crippen LogP contribution in [0.1, 0.15) is 16.7 Å². The summed E-state index contributed by atoms with van der Waals surface area (Å²) in [6.07, 6.45) is 0.832. The second-order valence-electron chi connectivity index (χ2n) is 7.25. The molecule has 3 aromatic carbocycles. The van der Waals surface area contributed by atoms with Crippen molar-refractivity contribution in [2.75, 3.05) is 14.2 Å². The standard InChI is InChI=1S/C25H21NO2S/c1-15-8-10-16(11-9-15)12-20-19-13-17(27-2)14-21(28-3)23(19)26-24-18-6-4-5-7-22(18)29-25(20)24/h4-11,13-14H,12H2,1-3H3. The Balaban J connectivity index is 1.89. The van der Waals surface area contributed by atoms with E-state index >= 15 is 0 Å². The molecule has 0 N–H and O–H groups in total. The number of aryl methyl sites for hydroxylation is 1. The fourth-order valence-corrected chi connectivity index (χ4v) is 5.07. The van der Waals surface area contributed by atoms with E-state index in [1.165, 1.54) is 31.5 Å². The monoisotopic (exact) mass is 399 g/mol. The molecule has 0 saturated carbocycles. The van der Waals surface area contributed by atoms with Gasteiger partial charge < -0.3 is 9.47 Å². The third-order valence-corrected chi connectivity index (χ3v) is 6.62. The molecule has 0 fully saturated rings. The zero-order chi connectivity index (χ0) is 20.0. The fraction of sp³-hybridized carbons (Fsp3) is 0.160. The molecular weight excluding hydrogens is 378 g/mol. The molecule has 0 bridgehead atoms. The number of rotatable bonds is 4. The van der Waals surface area contributed by atoms with Crippen LogP contribution in [0.2, 0.25) is 0 Å². The average Bonchev–Trinajstić information content (AvgIpc) is 3.13. The molecule has 0 saturated heterocycles. The number of benzene rings is 3. The maximum Gasteiger partial charge on any atom is 0.148 e. The molecule has 0 atom stereocenters. The first-order valence-electron chi connectivity index (χ1n) is 9.59. The molecule has 0 unspecified atom stereocenters. The highest BCUT2D eigenvalue weighted by Gasteiger charge is 2.18. The summed E-state index contributed by atoms with van der Waals surface area (Å²) in [5.74, 6) is 1.52. The summed E-state index contributed by atoms with van der Waals surface area (Å²) in [6.45, 7) is 2.12. The smallest absolute Gasteiger partial charge is 0.148 e. The van der Waals surface area contributed by atoms with Crippen LogP contribution in [0.15, 0.2) is 60.7 Å². The first-order chi connectivity index (χ1) is 14.2. The molecule has 0 aliphatic heterocycles. The predicted octanol–water partition coefficient (Wildman–Crippen LogP) is 6.52. The van der Waals surface area contributed by atoms with Gasteiger partial charge in [0.05, 0.1) is 24.4 Å². The van der Waals surface area contributed by atoms with Crippen LogP contribution in [0.5, 0.6) is 11.5 Å². The van der Waals surface area contributed by atoms with Crippen molar-refractivity contribution in [3.63, 3.8) is 0 Å². The van der Waals surface area contributed by atoms with Crippen LogP contribution < -0.4 is 9.47 Å². The number of nitrogens with zero attached hydrogens (tertiary/aromatic N) is 1. The zero-order valence-corrected chi connectivity index (χ0v) is 17.5. The van der Waals surface area contributed by atoms with Crippen LogP contribution in [-0.2, 0) is 6.42 Å². The minimum atomic E-state index is 0.738. The first-order valence-corrected chi connectivity index (χ1v) is 10.4. The SMILES string of the molecule is COc1cc(OC)c2nc3c(sc4ccccc43)c(Cc3ccc(C)cc3)c2c1. The van der Waals surface area contributed by atoms with Gasteiger partial charge in [-0.3, -0.25) is 0 Å². The van der Waals surface area contributed by atoms with Crippen molar-refractivity contribution in [3.8, 4) is 11.5 Å². The van der Waals surface area contributed by atoms with Crippen molar-refractivity contribution in [1.29, 1.82) is 0 Å². The maximum absolute atomic E-state index is 5.69. The molecular formula is C25H21NO2S. The maximum atomic E-state index is 5.69. The van der Waals surface area contributed by atoms with Gasteiger partial charge in [0.1, 0.15) is 17.0 Å². The molecule has 0 spiro atoms. The summed E-state index contributed by atoms with van der Waals surface area (Å²) in [6, 6.07) is 21.2. The highest BCUT2D eigenvalue weighted by Crippen LogP contribution is 2.42. The summed E-state index contributed by atoms with van der Waals surface area (Å²) in [5, 5.41) is 2.28. The van der Waals surface area contributed by atoms with Crippen molar-refractivity contribution in [2.45, 2.75) is 13.3 Å². The lowest BCUT2D eigenvalue weighted by Gasteiger charge is -2.13. The van der Waals surface area contributed by atoms with Crippen LogP contribution >= 0.6 is 11.3 Å². The molecule has 144 valence electrons. The highest BCUT2D eigenvalue weighted by atomic mass is 32.1. The Morgan fingerprint density at radius 1 is 0.862 bits per heavy atom. The van der Waals surface area contributed by atoms with Gasteiger partial charge in [0.25, 0.3) is 0 Å². The fourth-order valence-electron chi connectivity index (χ4n) is 3.87. The molecule has 0 amide bonds. The van der Waals surface area contributed by atoms with Gasteiger partial charge in [0.2, 0.25) is 0 Å². The van der Waals surface area contributed by atoms with Crippen molar-refractivity contribution < 1.29 is 9.47 Å². The van der Waals surface area contributed by atoms with Crippen molar-refractivity contribution in [3.05, 3.63) is 77.4 Å². The van der Waals surface area contributed by atoms with Gasteiger partial charge in [0.15, 0.2) is 0 Å². The average molecular weight is 400 g/mol. The van der Waals surface area contributed by atoms with E-state index in [4.69, 9.17) is 14.5 Å². The van der Waals surface area contributed by atoms with Crippen LogP contribution in [0.25, 0.3) is 31.2 Å². The summed E-state index contributed by atoms with van der Waals surface area (Å²) in [4.78, 5) is 5.06. The van der Waals surface area contributed by atoms with Gasteiger partial charge in [-0.1, -0.05) is 48.0 Å². The Bertz CT molecular complexity index is 1350. The molecule has 0 aliphatic rings. The van der Waals surface area contributed by atoms with Crippen LogP contribution in [0.4, 0.5) is 0 Å². The lowest BCUT2D eigenvalue weighted by atomic mass is 9.98. The van der Waals surface area contributed by atoms with E-state index < -0.39 is 0 Å². The lowest BCUT2D eigenvalue weighted by molar-refractivity contribution is 0.397. The van der Waals surface area contributed by atoms with Crippen molar-refractivity contribution >= 4 is 42.5 Å². The summed E-state index contributed by atoms with van der Waals surface area (Å²) < 4.78 is 13.7. The Morgan fingerprint density at radius 3 is 2.41 bits per heavy atom. The normalized spacial score (nSPS) is 11.4. The number of aromatic nitrogens is 1. The second kappa shape index (κ2) is 7.05. The van der Waals surface area contributed by atoms with E-state index in [9.17, 15) is 0 Å². The van der Waals surface area contributed by atoms with E-state index in [1.54, 1.807) is 14.2 Å². The lowest BCUT2D eigenvalue weighted by Crippen LogP contribution is -1.97. The first kappa shape index (κ1) is 18.0. The number of pyridine rings is 1. The number of hydrogen-bond donors (Lipinski definition) is 0. The second-order valence-corrected chi connectivity index (χ2v) is 8.31. The predicted molar refractivity (Wildman–Crippen MR) is 122 cm³/mol. The number of methoxy groups -OCH3 is 2. The molecule has 3 nitrogen and oxygen atoms in total. The third-order valence-electron chi connectivity index (χ3n) is 5.40. The van der Waals surface area contributed by atoms with Crippen LogP contribution in [-0.4, -0.2) is 19.2 Å². The summed E-state index contributed by atoms with van der Waals surface area (Å²) >= 11 is 1.81. The summed E-state index contributed by atoms with van der Waals surface area (Å²) in [5.41, 5.74) is 5.75. The Morgan fingerprint density at radius 2 is 1.66 bits per heavy atom. The van der Waals surface area contributed by atoms with Gasteiger partial charge in [-0.15, -0.1) is 11.3 Å². The highest BCUT2D eigenvalue weighted by molar-refractivity contribution is 7.26. The van der Waals surface area contributed by atoms with Crippen LogP contribution in [0, 0.1) is 6.92 Å². The van der Waals surface area contributed by atoms with E-state index in [0.29, 0.717) is 0 Å². The Hall–Kier alpha value is -3.11. The molecule has 0 radical (unpaired) electrons. The molecule has 5 rings (SSSR count). The molecule has 2 aromatic heterocycles. The number of thiophene rings is 1. The quantitative estimate of drug-likeness (QED) is 0.345. The minimum absolute atomic E-state index is 0.738. The largest absolute Gasteiger partial charge is 0.497 e. The van der Waals surface area contributed by atoms with Crippen molar-refractivity contribution in [1.82, 2.24) is 4.98 Å². The van der Waals surface area contributed by atoms with Gasteiger partial charge in [-0.25, -0.2) is 4.98 Å². The third kappa shape index (κ3) is 3.00.